The van der Waals surface area contributed by atoms with Crippen molar-refractivity contribution in [1.29, 1.82) is 0 Å². The first-order valence-corrected chi connectivity index (χ1v) is 7.45. The summed E-state index contributed by atoms with van der Waals surface area (Å²) < 4.78 is 5.73. The van der Waals surface area contributed by atoms with Gasteiger partial charge in [0.2, 0.25) is 5.91 Å². The lowest BCUT2D eigenvalue weighted by Crippen LogP contribution is -2.37. The van der Waals surface area contributed by atoms with Crippen molar-refractivity contribution in [3.8, 4) is 5.75 Å². The highest BCUT2D eigenvalue weighted by molar-refractivity contribution is 5.94. The van der Waals surface area contributed by atoms with Gasteiger partial charge in [-0.05, 0) is 50.4 Å². The van der Waals surface area contributed by atoms with Crippen molar-refractivity contribution in [2.24, 2.45) is 5.92 Å². The molecule has 1 heterocycles. The van der Waals surface area contributed by atoms with E-state index < -0.39 is 0 Å². The van der Waals surface area contributed by atoms with Crippen LogP contribution in [0, 0.1) is 12.8 Å². The minimum absolute atomic E-state index is 0.0593. The number of ether oxygens (including phenoxy) is 1. The smallest absolute Gasteiger partial charge is 0.228 e. The van der Waals surface area contributed by atoms with Gasteiger partial charge in [0.1, 0.15) is 5.75 Å². The first-order valence-electron chi connectivity index (χ1n) is 7.45. The van der Waals surface area contributed by atoms with E-state index in [0.29, 0.717) is 6.61 Å². The first kappa shape index (κ1) is 14.9. The zero-order valence-electron chi connectivity index (χ0n) is 12.4. The largest absolute Gasteiger partial charge is 0.491 e. The van der Waals surface area contributed by atoms with Crippen LogP contribution in [0.15, 0.2) is 18.2 Å². The third-order valence-electron chi connectivity index (χ3n) is 3.52. The average molecular weight is 276 g/mol. The molecule has 0 saturated carbocycles. The molecular formula is C16H24N2O2. The van der Waals surface area contributed by atoms with Gasteiger partial charge in [-0.15, -0.1) is 0 Å². The van der Waals surface area contributed by atoms with Crippen LogP contribution in [0.1, 0.15) is 31.7 Å². The highest BCUT2D eigenvalue weighted by atomic mass is 16.5. The molecular weight excluding hydrogens is 252 g/mol. The number of amides is 1. The number of rotatable bonds is 5. The normalized spacial score (nSPS) is 18.6. The number of benzene rings is 1. The minimum Gasteiger partial charge on any atom is -0.491 e. The maximum absolute atomic E-state index is 12.3. The molecule has 1 aliphatic rings. The van der Waals surface area contributed by atoms with Gasteiger partial charge in [0.15, 0.2) is 0 Å². The van der Waals surface area contributed by atoms with Gasteiger partial charge in [-0.1, -0.05) is 13.0 Å². The van der Waals surface area contributed by atoms with Crippen LogP contribution < -0.4 is 15.4 Å². The first-order chi connectivity index (χ1) is 9.70. The molecule has 1 atom stereocenters. The molecule has 2 N–H and O–H groups in total. The van der Waals surface area contributed by atoms with Crippen LogP contribution in [0.2, 0.25) is 0 Å². The Morgan fingerprint density at radius 2 is 2.35 bits per heavy atom. The summed E-state index contributed by atoms with van der Waals surface area (Å²) in [6.45, 7) is 6.54. The van der Waals surface area contributed by atoms with Crippen molar-refractivity contribution in [2.75, 3.05) is 25.0 Å². The average Bonchev–Trinajstić information content (AvgIpc) is 2.48. The van der Waals surface area contributed by atoms with Gasteiger partial charge in [-0.25, -0.2) is 0 Å². The number of anilines is 1. The van der Waals surface area contributed by atoms with E-state index in [1.165, 1.54) is 0 Å². The summed E-state index contributed by atoms with van der Waals surface area (Å²) in [5.41, 5.74) is 1.91. The van der Waals surface area contributed by atoms with E-state index in [1.54, 1.807) is 0 Å². The van der Waals surface area contributed by atoms with Crippen LogP contribution in [0.3, 0.4) is 0 Å². The summed E-state index contributed by atoms with van der Waals surface area (Å²) in [7, 11) is 0. The van der Waals surface area contributed by atoms with E-state index >= 15 is 0 Å². The number of nitrogens with one attached hydrogen (secondary N) is 2. The quantitative estimate of drug-likeness (QED) is 0.869. The molecule has 0 bridgehead atoms. The Morgan fingerprint density at radius 3 is 3.05 bits per heavy atom. The van der Waals surface area contributed by atoms with E-state index in [1.807, 2.05) is 25.1 Å². The Hall–Kier alpha value is -1.55. The van der Waals surface area contributed by atoms with Crippen LogP contribution in [-0.2, 0) is 4.79 Å². The van der Waals surface area contributed by atoms with Crippen LogP contribution in [0.4, 0.5) is 5.69 Å². The second kappa shape index (κ2) is 7.29. The van der Waals surface area contributed by atoms with E-state index in [2.05, 4.69) is 17.6 Å². The lowest BCUT2D eigenvalue weighted by Gasteiger charge is -2.22. The monoisotopic (exact) mass is 276 g/mol. The maximum atomic E-state index is 12.3. The van der Waals surface area contributed by atoms with E-state index in [4.69, 9.17) is 4.74 Å². The highest BCUT2D eigenvalue weighted by Gasteiger charge is 2.21. The molecule has 1 aromatic carbocycles. The fourth-order valence-corrected chi connectivity index (χ4v) is 2.37. The number of carbonyl (C=O) groups excluding carboxylic acids is 1. The maximum Gasteiger partial charge on any atom is 0.228 e. The van der Waals surface area contributed by atoms with Gasteiger partial charge in [0.25, 0.3) is 0 Å². The molecule has 1 aliphatic heterocycles. The van der Waals surface area contributed by atoms with Gasteiger partial charge in [-0.2, -0.15) is 0 Å². The van der Waals surface area contributed by atoms with Gasteiger partial charge < -0.3 is 15.4 Å². The molecule has 0 radical (unpaired) electrons. The lowest BCUT2D eigenvalue weighted by molar-refractivity contribution is -0.120. The Bertz CT molecular complexity index is 454. The third kappa shape index (κ3) is 3.97. The molecule has 0 spiro atoms. The van der Waals surface area contributed by atoms with Crippen molar-refractivity contribution in [3.05, 3.63) is 23.8 Å². The van der Waals surface area contributed by atoms with E-state index in [-0.39, 0.29) is 11.8 Å². The minimum atomic E-state index is 0.0593. The summed E-state index contributed by atoms with van der Waals surface area (Å²) in [4.78, 5) is 12.3. The predicted molar refractivity (Wildman–Crippen MR) is 81.2 cm³/mol. The Kier molecular flexibility index (Phi) is 5.41. The summed E-state index contributed by atoms with van der Waals surface area (Å²) in [5, 5.41) is 6.28. The number of hydrogen-bond acceptors (Lipinski definition) is 3. The van der Waals surface area contributed by atoms with Crippen LogP contribution in [0.5, 0.6) is 5.75 Å². The summed E-state index contributed by atoms with van der Waals surface area (Å²) in [5.74, 6) is 0.912. The fraction of sp³-hybridized carbons (Fsp3) is 0.562. The molecule has 0 aromatic heterocycles. The molecule has 1 aromatic rings. The molecule has 0 aliphatic carbocycles. The van der Waals surface area contributed by atoms with Gasteiger partial charge in [0, 0.05) is 6.54 Å². The zero-order valence-corrected chi connectivity index (χ0v) is 12.4. The standard InChI is InChI=1S/C16H24N2O2/c1-3-9-20-15-10-12(2)6-7-14(15)18-16(19)13-5-4-8-17-11-13/h6-7,10,13,17H,3-5,8-9,11H2,1-2H3,(H,18,19)/t13-/m0/s1. The van der Waals surface area contributed by atoms with Crippen molar-refractivity contribution in [3.63, 3.8) is 0 Å². The molecule has 1 fully saturated rings. The fourth-order valence-electron chi connectivity index (χ4n) is 2.37. The van der Waals surface area contributed by atoms with Crippen molar-refractivity contribution < 1.29 is 9.53 Å². The van der Waals surface area contributed by atoms with E-state index in [9.17, 15) is 4.79 Å². The lowest BCUT2D eigenvalue weighted by atomic mass is 9.98. The number of hydrogen-bond donors (Lipinski definition) is 2. The van der Waals surface area contributed by atoms with Crippen molar-refractivity contribution in [1.82, 2.24) is 5.32 Å². The number of carbonyl (C=O) groups is 1. The molecule has 1 saturated heterocycles. The zero-order chi connectivity index (χ0) is 14.4. The van der Waals surface area contributed by atoms with Gasteiger partial charge in [0.05, 0.1) is 18.2 Å². The number of aryl methyl sites for hydroxylation is 1. The van der Waals surface area contributed by atoms with E-state index in [0.717, 1.165) is 49.4 Å². The molecule has 0 unspecified atom stereocenters. The van der Waals surface area contributed by atoms with Crippen LogP contribution in [0.25, 0.3) is 0 Å². The van der Waals surface area contributed by atoms with Gasteiger partial charge in [-0.3, -0.25) is 4.79 Å². The molecule has 1 amide bonds. The topological polar surface area (TPSA) is 50.4 Å². The second-order valence-corrected chi connectivity index (χ2v) is 5.38. The summed E-state index contributed by atoms with van der Waals surface area (Å²) >= 11 is 0. The summed E-state index contributed by atoms with van der Waals surface area (Å²) in [6.07, 6.45) is 2.97. The Morgan fingerprint density at radius 1 is 1.50 bits per heavy atom. The van der Waals surface area contributed by atoms with Crippen molar-refractivity contribution in [2.45, 2.75) is 33.1 Å². The van der Waals surface area contributed by atoms with Crippen LogP contribution in [-0.4, -0.2) is 25.6 Å². The second-order valence-electron chi connectivity index (χ2n) is 5.38. The Balaban J connectivity index is 2.05. The molecule has 4 heteroatoms. The number of piperidine rings is 1. The third-order valence-corrected chi connectivity index (χ3v) is 3.52. The van der Waals surface area contributed by atoms with Gasteiger partial charge >= 0.3 is 0 Å². The Labute approximate surface area is 120 Å². The van der Waals surface area contributed by atoms with Crippen LogP contribution >= 0.6 is 0 Å². The molecule has 2 rings (SSSR count). The summed E-state index contributed by atoms with van der Waals surface area (Å²) in [6, 6.07) is 5.90. The van der Waals surface area contributed by atoms with Crippen molar-refractivity contribution >= 4 is 11.6 Å². The molecule has 20 heavy (non-hydrogen) atoms. The molecule has 110 valence electrons. The molecule has 4 nitrogen and oxygen atoms in total. The predicted octanol–water partition coefficient (Wildman–Crippen LogP) is 2.72. The highest BCUT2D eigenvalue weighted by Crippen LogP contribution is 2.27. The SMILES string of the molecule is CCCOc1cc(C)ccc1NC(=O)[C@H]1CCCNC1.